The van der Waals surface area contributed by atoms with E-state index in [9.17, 15) is 9.59 Å². The number of esters is 1. The average molecular weight is 466 g/mol. The number of carbonyl (C=O) groups excluding carboxylic acids is 2. The van der Waals surface area contributed by atoms with Crippen LogP contribution in [0, 0.1) is 0 Å². The average Bonchev–Trinajstić information content (AvgIpc) is 2.81. The van der Waals surface area contributed by atoms with Crippen molar-refractivity contribution in [2.24, 2.45) is 0 Å². The summed E-state index contributed by atoms with van der Waals surface area (Å²) in [6.07, 6.45) is 0. The van der Waals surface area contributed by atoms with E-state index in [1.807, 2.05) is 42.5 Å². The second-order valence-corrected chi connectivity index (χ2v) is 7.77. The SMILES string of the molecule is COc1ccc(-c2cc(C(=O)OCC(=O)c3ccc(Cl)cc3Cl)c3ccccc3n2)cc1. The fraction of sp³-hybridized carbons (Fsp3) is 0.0800. The molecule has 0 aliphatic heterocycles. The summed E-state index contributed by atoms with van der Waals surface area (Å²) in [5.74, 6) is -0.334. The molecule has 0 amide bonds. The Morgan fingerprint density at radius 1 is 0.906 bits per heavy atom. The largest absolute Gasteiger partial charge is 0.497 e. The summed E-state index contributed by atoms with van der Waals surface area (Å²) >= 11 is 12.0. The first-order valence-electron chi connectivity index (χ1n) is 9.66. The molecule has 1 heterocycles. The number of rotatable bonds is 6. The molecule has 1 aromatic heterocycles. The number of hydrogen-bond acceptors (Lipinski definition) is 5. The van der Waals surface area contributed by atoms with Gasteiger partial charge < -0.3 is 9.47 Å². The van der Waals surface area contributed by atoms with Crippen LogP contribution in [0.1, 0.15) is 20.7 Å². The van der Waals surface area contributed by atoms with Crippen LogP contribution in [0.3, 0.4) is 0 Å². The summed E-state index contributed by atoms with van der Waals surface area (Å²) < 4.78 is 10.5. The number of para-hydroxylation sites is 1. The predicted octanol–water partition coefficient (Wildman–Crippen LogP) is 6.26. The summed E-state index contributed by atoms with van der Waals surface area (Å²) in [4.78, 5) is 30.1. The van der Waals surface area contributed by atoms with Crippen molar-refractivity contribution in [3.8, 4) is 17.0 Å². The maximum Gasteiger partial charge on any atom is 0.339 e. The number of ketones is 1. The van der Waals surface area contributed by atoms with E-state index >= 15 is 0 Å². The molecule has 3 aromatic carbocycles. The molecule has 0 aliphatic carbocycles. The van der Waals surface area contributed by atoms with Crippen molar-refractivity contribution in [3.63, 3.8) is 0 Å². The second-order valence-electron chi connectivity index (χ2n) is 6.92. The Morgan fingerprint density at radius 3 is 2.38 bits per heavy atom. The van der Waals surface area contributed by atoms with Crippen molar-refractivity contribution in [2.45, 2.75) is 0 Å². The van der Waals surface area contributed by atoms with Crippen LogP contribution in [-0.2, 0) is 4.74 Å². The number of methoxy groups -OCH3 is 1. The Morgan fingerprint density at radius 2 is 1.66 bits per heavy atom. The van der Waals surface area contributed by atoms with Crippen molar-refractivity contribution in [1.82, 2.24) is 4.98 Å². The minimum Gasteiger partial charge on any atom is -0.497 e. The Bertz CT molecular complexity index is 1320. The first-order valence-corrected chi connectivity index (χ1v) is 10.4. The zero-order chi connectivity index (χ0) is 22.7. The lowest BCUT2D eigenvalue weighted by atomic mass is 10.0. The van der Waals surface area contributed by atoms with Crippen LogP contribution in [0.15, 0.2) is 72.8 Å². The number of carbonyl (C=O) groups is 2. The van der Waals surface area contributed by atoms with Gasteiger partial charge in [0.2, 0.25) is 5.78 Å². The zero-order valence-corrected chi connectivity index (χ0v) is 18.5. The highest BCUT2D eigenvalue weighted by Gasteiger charge is 2.18. The first kappa shape index (κ1) is 21.8. The van der Waals surface area contributed by atoms with Crippen molar-refractivity contribution in [3.05, 3.63) is 94.0 Å². The van der Waals surface area contributed by atoms with Crippen LogP contribution < -0.4 is 4.74 Å². The number of benzene rings is 3. The topological polar surface area (TPSA) is 65.5 Å². The third-order valence-corrected chi connectivity index (χ3v) is 5.44. The number of hydrogen-bond donors (Lipinski definition) is 0. The highest BCUT2D eigenvalue weighted by molar-refractivity contribution is 6.36. The van der Waals surface area contributed by atoms with Gasteiger partial charge >= 0.3 is 5.97 Å². The lowest BCUT2D eigenvalue weighted by Gasteiger charge is -2.11. The van der Waals surface area contributed by atoms with Crippen molar-refractivity contribution in [2.75, 3.05) is 13.7 Å². The summed E-state index contributed by atoms with van der Waals surface area (Å²) in [7, 11) is 1.59. The molecular weight excluding hydrogens is 449 g/mol. The Balaban J connectivity index is 1.63. The van der Waals surface area contributed by atoms with Gasteiger partial charge in [0.25, 0.3) is 0 Å². The molecule has 7 heteroatoms. The molecule has 32 heavy (non-hydrogen) atoms. The molecule has 0 spiro atoms. The maximum absolute atomic E-state index is 12.9. The molecule has 5 nitrogen and oxygen atoms in total. The molecule has 0 radical (unpaired) electrons. The number of nitrogens with zero attached hydrogens (tertiary/aromatic N) is 1. The summed E-state index contributed by atoms with van der Waals surface area (Å²) in [6.45, 7) is -0.450. The quantitative estimate of drug-likeness (QED) is 0.248. The van der Waals surface area contributed by atoms with Crippen molar-refractivity contribution in [1.29, 1.82) is 0 Å². The molecule has 0 saturated carbocycles. The van der Waals surface area contributed by atoms with Gasteiger partial charge in [0, 0.05) is 21.5 Å². The summed E-state index contributed by atoms with van der Waals surface area (Å²) in [5.41, 5.74) is 2.61. The molecule has 0 atom stereocenters. The highest BCUT2D eigenvalue weighted by Crippen LogP contribution is 2.27. The number of halogens is 2. The number of fused-ring (bicyclic) bond motifs is 1. The van der Waals surface area contributed by atoms with E-state index in [0.29, 0.717) is 32.9 Å². The summed E-state index contributed by atoms with van der Waals surface area (Å²) in [6, 6.07) is 20.8. The molecule has 0 bridgehead atoms. The minimum atomic E-state index is -0.628. The molecule has 0 fully saturated rings. The fourth-order valence-electron chi connectivity index (χ4n) is 3.26. The third-order valence-electron chi connectivity index (χ3n) is 4.89. The van der Waals surface area contributed by atoms with Crippen LogP contribution in [0.2, 0.25) is 10.0 Å². The van der Waals surface area contributed by atoms with Gasteiger partial charge in [-0.15, -0.1) is 0 Å². The second kappa shape index (κ2) is 9.39. The minimum absolute atomic E-state index is 0.203. The van der Waals surface area contributed by atoms with Gasteiger partial charge in [0.05, 0.1) is 28.9 Å². The van der Waals surface area contributed by atoms with Crippen LogP contribution in [-0.4, -0.2) is 30.5 Å². The van der Waals surface area contributed by atoms with Crippen molar-refractivity contribution >= 4 is 45.9 Å². The van der Waals surface area contributed by atoms with E-state index in [1.165, 1.54) is 12.1 Å². The molecule has 160 valence electrons. The maximum atomic E-state index is 12.9. The number of aromatic nitrogens is 1. The Hall–Kier alpha value is -3.41. The lowest BCUT2D eigenvalue weighted by molar-refractivity contribution is 0.0476. The van der Waals surface area contributed by atoms with E-state index in [4.69, 9.17) is 32.7 Å². The van der Waals surface area contributed by atoms with Gasteiger partial charge in [-0.05, 0) is 54.6 Å². The van der Waals surface area contributed by atoms with Crippen LogP contribution in [0.25, 0.3) is 22.2 Å². The van der Waals surface area contributed by atoms with E-state index < -0.39 is 18.4 Å². The Labute approximate surface area is 194 Å². The predicted molar refractivity (Wildman–Crippen MR) is 125 cm³/mol. The zero-order valence-electron chi connectivity index (χ0n) is 17.0. The van der Waals surface area contributed by atoms with Gasteiger partial charge in [-0.3, -0.25) is 4.79 Å². The molecule has 4 aromatic rings. The monoisotopic (exact) mass is 465 g/mol. The number of pyridine rings is 1. The van der Waals surface area contributed by atoms with E-state index in [1.54, 1.807) is 25.3 Å². The van der Waals surface area contributed by atoms with Gasteiger partial charge in [0.1, 0.15) is 5.75 Å². The number of ether oxygens (including phenoxy) is 2. The molecule has 0 saturated heterocycles. The van der Waals surface area contributed by atoms with Gasteiger partial charge in [-0.1, -0.05) is 41.4 Å². The highest BCUT2D eigenvalue weighted by atomic mass is 35.5. The third kappa shape index (κ3) is 4.59. The molecule has 4 rings (SSSR count). The van der Waals surface area contributed by atoms with Crippen molar-refractivity contribution < 1.29 is 19.1 Å². The molecule has 0 N–H and O–H groups in total. The normalized spacial score (nSPS) is 10.7. The van der Waals surface area contributed by atoms with Gasteiger partial charge in [-0.25, -0.2) is 9.78 Å². The molecule has 0 aliphatic rings. The standard InChI is InChI=1S/C25H17Cl2NO4/c1-31-17-9-6-15(7-10-17)23-13-20(18-4-2-3-5-22(18)28-23)25(30)32-14-24(29)19-11-8-16(26)12-21(19)27/h2-13H,14H2,1H3. The number of Topliss-reactive ketones (excluding diaryl/α,β-unsaturated/α-hetero) is 1. The van der Waals surface area contributed by atoms with Gasteiger partial charge in [-0.2, -0.15) is 0 Å². The molecule has 0 unspecified atom stereocenters. The Kier molecular flexibility index (Phi) is 6.40. The fourth-order valence-corrected chi connectivity index (χ4v) is 3.77. The van der Waals surface area contributed by atoms with Gasteiger partial charge in [0.15, 0.2) is 6.61 Å². The van der Waals surface area contributed by atoms with E-state index in [-0.39, 0.29) is 10.6 Å². The summed E-state index contributed by atoms with van der Waals surface area (Å²) in [5, 5.41) is 1.25. The van der Waals surface area contributed by atoms with Crippen LogP contribution in [0.5, 0.6) is 5.75 Å². The van der Waals surface area contributed by atoms with E-state index in [2.05, 4.69) is 4.98 Å². The van der Waals surface area contributed by atoms with Crippen LogP contribution >= 0.6 is 23.2 Å². The first-order chi connectivity index (χ1) is 15.5. The van der Waals surface area contributed by atoms with E-state index in [0.717, 1.165) is 5.56 Å². The van der Waals surface area contributed by atoms with Crippen LogP contribution in [0.4, 0.5) is 0 Å². The smallest absolute Gasteiger partial charge is 0.339 e. The lowest BCUT2D eigenvalue weighted by Crippen LogP contribution is -2.15. The molecular formula is C25H17Cl2NO4.